The van der Waals surface area contributed by atoms with E-state index in [0.29, 0.717) is 6.61 Å². The van der Waals surface area contributed by atoms with Crippen LogP contribution < -0.4 is 4.90 Å². The standard InChI is InChI=1S/C17H15NO6/c19-14-6-7-15(20)18(14)13-8-12(24-16(13)17(21)22)10-23-9-11-4-2-1-3-5-11/h1-5,8H,6-7,9-10H2,(H,21,22). The van der Waals surface area contributed by atoms with E-state index in [1.807, 2.05) is 30.3 Å². The molecule has 2 aromatic rings. The number of hydrogen-bond donors (Lipinski definition) is 1. The second-order valence-electron chi connectivity index (χ2n) is 5.33. The lowest BCUT2D eigenvalue weighted by molar-refractivity contribution is -0.121. The van der Waals surface area contributed by atoms with Gasteiger partial charge in [-0.1, -0.05) is 30.3 Å². The molecule has 2 heterocycles. The van der Waals surface area contributed by atoms with Crippen LogP contribution in [0.15, 0.2) is 40.8 Å². The van der Waals surface area contributed by atoms with E-state index >= 15 is 0 Å². The minimum absolute atomic E-state index is 0.0331. The van der Waals surface area contributed by atoms with Crippen molar-refractivity contribution in [2.75, 3.05) is 4.90 Å². The number of benzene rings is 1. The van der Waals surface area contributed by atoms with Gasteiger partial charge in [0.15, 0.2) is 0 Å². The fourth-order valence-corrected chi connectivity index (χ4v) is 2.51. The predicted octanol–water partition coefficient (Wildman–Crippen LogP) is 2.35. The molecule has 1 aliphatic heterocycles. The van der Waals surface area contributed by atoms with Gasteiger partial charge in [-0.05, 0) is 5.56 Å². The minimum Gasteiger partial charge on any atom is -0.475 e. The molecular formula is C17H15NO6. The second kappa shape index (κ2) is 6.67. The molecule has 0 atom stereocenters. The molecule has 1 N–H and O–H groups in total. The largest absolute Gasteiger partial charge is 0.475 e. The zero-order valence-electron chi connectivity index (χ0n) is 12.7. The van der Waals surface area contributed by atoms with Crippen molar-refractivity contribution >= 4 is 23.5 Å². The van der Waals surface area contributed by atoms with Crippen molar-refractivity contribution in [2.45, 2.75) is 26.1 Å². The van der Waals surface area contributed by atoms with E-state index in [1.165, 1.54) is 6.07 Å². The lowest BCUT2D eigenvalue weighted by Crippen LogP contribution is -2.29. The van der Waals surface area contributed by atoms with Gasteiger partial charge >= 0.3 is 5.97 Å². The van der Waals surface area contributed by atoms with Crippen LogP contribution >= 0.6 is 0 Å². The number of nitrogens with zero attached hydrogens (tertiary/aromatic N) is 1. The first-order valence-electron chi connectivity index (χ1n) is 7.39. The number of carbonyl (C=O) groups excluding carboxylic acids is 2. The Hall–Kier alpha value is -2.93. The van der Waals surface area contributed by atoms with Crippen LogP contribution in [0.4, 0.5) is 5.69 Å². The average molecular weight is 329 g/mol. The van der Waals surface area contributed by atoms with Crippen LogP contribution in [0.5, 0.6) is 0 Å². The van der Waals surface area contributed by atoms with Crippen molar-refractivity contribution in [3.05, 3.63) is 53.5 Å². The van der Waals surface area contributed by atoms with Crippen LogP contribution in [0.2, 0.25) is 0 Å². The maximum absolute atomic E-state index is 11.8. The third-order valence-electron chi connectivity index (χ3n) is 3.61. The topological polar surface area (TPSA) is 97.1 Å². The number of aromatic carboxylic acids is 1. The summed E-state index contributed by atoms with van der Waals surface area (Å²) in [6.07, 6.45) is 0.145. The van der Waals surface area contributed by atoms with E-state index in [1.54, 1.807) is 0 Å². The van der Waals surface area contributed by atoms with Gasteiger partial charge in [-0.15, -0.1) is 0 Å². The average Bonchev–Trinajstić information content (AvgIpc) is 3.12. The number of amides is 2. The molecule has 3 rings (SSSR count). The van der Waals surface area contributed by atoms with E-state index < -0.39 is 23.5 Å². The Labute approximate surface area is 137 Å². The summed E-state index contributed by atoms with van der Waals surface area (Å²) >= 11 is 0. The number of rotatable bonds is 6. The predicted molar refractivity (Wildman–Crippen MR) is 82.3 cm³/mol. The molecule has 124 valence electrons. The van der Waals surface area contributed by atoms with Gasteiger partial charge in [-0.25, -0.2) is 9.69 Å². The number of hydrogen-bond acceptors (Lipinski definition) is 5. The SMILES string of the molecule is O=C(O)c1oc(COCc2ccccc2)cc1N1C(=O)CCC1=O. The summed E-state index contributed by atoms with van der Waals surface area (Å²) in [5.41, 5.74) is 0.931. The van der Waals surface area contributed by atoms with Crippen LogP contribution in [0.3, 0.4) is 0 Å². The van der Waals surface area contributed by atoms with Gasteiger partial charge < -0.3 is 14.3 Å². The van der Waals surface area contributed by atoms with E-state index in [4.69, 9.17) is 9.15 Å². The Morgan fingerprint density at radius 3 is 2.42 bits per heavy atom. The molecule has 0 spiro atoms. The molecule has 0 saturated carbocycles. The molecule has 1 aromatic heterocycles. The van der Waals surface area contributed by atoms with Gasteiger partial charge in [0.05, 0.1) is 6.61 Å². The van der Waals surface area contributed by atoms with Crippen molar-refractivity contribution in [3.8, 4) is 0 Å². The quantitative estimate of drug-likeness (QED) is 0.817. The Morgan fingerprint density at radius 2 is 1.79 bits per heavy atom. The lowest BCUT2D eigenvalue weighted by Gasteiger charge is -2.11. The van der Waals surface area contributed by atoms with E-state index in [2.05, 4.69) is 0 Å². The molecule has 7 heteroatoms. The molecule has 0 bridgehead atoms. The van der Waals surface area contributed by atoms with Crippen molar-refractivity contribution in [3.63, 3.8) is 0 Å². The van der Waals surface area contributed by atoms with E-state index in [9.17, 15) is 19.5 Å². The number of anilines is 1. The molecule has 1 saturated heterocycles. The van der Waals surface area contributed by atoms with Crippen LogP contribution in [0, 0.1) is 0 Å². The lowest BCUT2D eigenvalue weighted by atomic mass is 10.2. The zero-order valence-corrected chi connectivity index (χ0v) is 12.7. The fourth-order valence-electron chi connectivity index (χ4n) is 2.51. The smallest absolute Gasteiger partial charge is 0.374 e. The second-order valence-corrected chi connectivity index (χ2v) is 5.33. The molecule has 1 aliphatic rings. The molecule has 1 fully saturated rings. The molecule has 0 unspecified atom stereocenters. The summed E-state index contributed by atoms with van der Waals surface area (Å²) in [6.45, 7) is 0.367. The van der Waals surface area contributed by atoms with Crippen LogP contribution in [-0.4, -0.2) is 22.9 Å². The van der Waals surface area contributed by atoms with Crippen molar-refractivity contribution in [1.29, 1.82) is 0 Å². The normalized spacial score (nSPS) is 14.4. The number of imide groups is 1. The maximum Gasteiger partial charge on any atom is 0.374 e. The first-order chi connectivity index (χ1) is 11.6. The van der Waals surface area contributed by atoms with Crippen molar-refractivity contribution in [1.82, 2.24) is 0 Å². The number of carboxylic acids is 1. The highest BCUT2D eigenvalue weighted by molar-refractivity contribution is 6.21. The summed E-state index contributed by atoms with van der Waals surface area (Å²) in [7, 11) is 0. The number of ether oxygens (including phenoxy) is 1. The molecule has 0 aliphatic carbocycles. The molecular weight excluding hydrogens is 314 g/mol. The van der Waals surface area contributed by atoms with E-state index in [0.717, 1.165) is 10.5 Å². The minimum atomic E-state index is -1.34. The molecule has 0 radical (unpaired) electrons. The van der Waals surface area contributed by atoms with Gasteiger partial charge in [0.25, 0.3) is 0 Å². The summed E-state index contributed by atoms with van der Waals surface area (Å²) in [6, 6.07) is 10.8. The number of carboxylic acid groups (broad SMARTS) is 1. The molecule has 2 amide bonds. The van der Waals surface area contributed by atoms with Crippen molar-refractivity contribution < 1.29 is 28.6 Å². The van der Waals surface area contributed by atoms with Gasteiger partial charge in [0.2, 0.25) is 17.6 Å². The Balaban J connectivity index is 1.75. The Bertz CT molecular complexity index is 764. The first kappa shape index (κ1) is 15.9. The third kappa shape index (κ3) is 3.21. The molecule has 7 nitrogen and oxygen atoms in total. The highest BCUT2D eigenvalue weighted by atomic mass is 16.5. The summed E-state index contributed by atoms with van der Waals surface area (Å²) in [4.78, 5) is 35.8. The van der Waals surface area contributed by atoms with Gasteiger partial charge in [-0.3, -0.25) is 9.59 Å². The maximum atomic E-state index is 11.8. The Kier molecular flexibility index (Phi) is 4.43. The van der Waals surface area contributed by atoms with E-state index in [-0.39, 0.29) is 30.9 Å². The van der Waals surface area contributed by atoms with Gasteiger partial charge in [0, 0.05) is 18.9 Å². The van der Waals surface area contributed by atoms with Crippen LogP contribution in [0.1, 0.15) is 34.7 Å². The fraction of sp³-hybridized carbons (Fsp3) is 0.235. The summed E-state index contributed by atoms with van der Waals surface area (Å²) < 4.78 is 10.7. The third-order valence-corrected chi connectivity index (χ3v) is 3.61. The molecule has 24 heavy (non-hydrogen) atoms. The summed E-state index contributed by atoms with van der Waals surface area (Å²) in [5, 5.41) is 9.23. The zero-order chi connectivity index (χ0) is 17.1. The monoisotopic (exact) mass is 329 g/mol. The highest BCUT2D eigenvalue weighted by Gasteiger charge is 2.35. The molecule has 1 aromatic carbocycles. The highest BCUT2D eigenvalue weighted by Crippen LogP contribution is 2.30. The van der Waals surface area contributed by atoms with Gasteiger partial charge in [0.1, 0.15) is 18.1 Å². The number of carbonyl (C=O) groups is 3. The van der Waals surface area contributed by atoms with Crippen LogP contribution in [-0.2, 0) is 27.5 Å². The van der Waals surface area contributed by atoms with Crippen molar-refractivity contribution in [2.24, 2.45) is 0 Å². The Morgan fingerprint density at radius 1 is 1.12 bits per heavy atom. The summed E-state index contributed by atoms with van der Waals surface area (Å²) in [5.74, 6) is -2.39. The van der Waals surface area contributed by atoms with Gasteiger partial charge in [-0.2, -0.15) is 0 Å². The number of furan rings is 1. The first-order valence-corrected chi connectivity index (χ1v) is 7.39. The van der Waals surface area contributed by atoms with Crippen LogP contribution in [0.25, 0.3) is 0 Å².